The molecule has 4 aromatic rings. The lowest BCUT2D eigenvalue weighted by molar-refractivity contribution is 0.195. The molecule has 2 aromatic heterocycles. The number of nitrogens with one attached hydrogen (secondary N) is 2. The maximum Gasteiger partial charge on any atom is 0.142 e. The Balaban J connectivity index is 0.000000156. The molecule has 0 bridgehead atoms. The Hall–Kier alpha value is -2.96. The highest BCUT2D eigenvalue weighted by atomic mass is 16.5. The third-order valence-electron chi connectivity index (χ3n) is 4.37. The Kier molecular flexibility index (Phi) is 5.69. The summed E-state index contributed by atoms with van der Waals surface area (Å²) in [5.41, 5.74) is 3.49. The number of ether oxygens (including phenoxy) is 2. The maximum absolute atomic E-state index is 9.42. The second-order valence-electron chi connectivity index (χ2n) is 6.20. The molecule has 6 heteroatoms. The highest BCUT2D eigenvalue weighted by Crippen LogP contribution is 2.27. The van der Waals surface area contributed by atoms with Crippen molar-refractivity contribution in [1.82, 2.24) is 9.97 Å². The fourth-order valence-electron chi connectivity index (χ4n) is 2.99. The van der Waals surface area contributed by atoms with E-state index in [0.717, 1.165) is 44.7 Å². The summed E-state index contributed by atoms with van der Waals surface area (Å²) in [6.07, 6.45) is -0.480. The highest BCUT2D eigenvalue weighted by molar-refractivity contribution is 5.86. The first kappa shape index (κ1) is 18.8. The van der Waals surface area contributed by atoms with Crippen LogP contribution in [-0.4, -0.2) is 34.4 Å². The van der Waals surface area contributed by atoms with Crippen LogP contribution in [0.15, 0.2) is 48.5 Å². The van der Waals surface area contributed by atoms with Gasteiger partial charge in [-0.15, -0.1) is 0 Å². The molecular weight excluding hydrogens is 344 g/mol. The Morgan fingerprint density at radius 3 is 1.96 bits per heavy atom. The largest absolute Gasteiger partial charge is 0.495 e. The molecule has 27 heavy (non-hydrogen) atoms. The molecule has 0 saturated heterocycles. The van der Waals surface area contributed by atoms with Crippen molar-refractivity contribution in [2.45, 2.75) is 19.6 Å². The van der Waals surface area contributed by atoms with Gasteiger partial charge >= 0.3 is 0 Å². The van der Waals surface area contributed by atoms with Gasteiger partial charge < -0.3 is 29.7 Å². The summed E-state index contributed by atoms with van der Waals surface area (Å²) in [7, 11) is 3.27. The fourth-order valence-corrected chi connectivity index (χ4v) is 2.99. The van der Waals surface area contributed by atoms with E-state index in [1.165, 1.54) is 0 Å². The highest BCUT2D eigenvalue weighted by Gasteiger charge is 2.08. The zero-order valence-corrected chi connectivity index (χ0v) is 15.6. The van der Waals surface area contributed by atoms with Crippen molar-refractivity contribution in [2.24, 2.45) is 0 Å². The van der Waals surface area contributed by atoms with Crippen molar-refractivity contribution in [2.75, 3.05) is 14.2 Å². The Bertz CT molecular complexity index is 1030. The predicted molar refractivity (Wildman–Crippen MR) is 106 cm³/mol. The van der Waals surface area contributed by atoms with Crippen molar-refractivity contribution < 1.29 is 19.7 Å². The molecule has 0 amide bonds. The molecule has 0 spiro atoms. The van der Waals surface area contributed by atoms with Crippen LogP contribution in [0.3, 0.4) is 0 Å². The van der Waals surface area contributed by atoms with Gasteiger partial charge in [0, 0.05) is 22.2 Å². The molecule has 142 valence electrons. The molecule has 0 aliphatic heterocycles. The molecule has 1 unspecified atom stereocenters. The van der Waals surface area contributed by atoms with E-state index in [1.54, 1.807) is 21.1 Å². The van der Waals surface area contributed by atoms with E-state index in [2.05, 4.69) is 9.97 Å². The number of fused-ring (bicyclic) bond motifs is 2. The van der Waals surface area contributed by atoms with Crippen LogP contribution in [-0.2, 0) is 6.61 Å². The molecule has 2 heterocycles. The lowest BCUT2D eigenvalue weighted by Crippen LogP contribution is -1.89. The normalized spacial score (nSPS) is 11.9. The van der Waals surface area contributed by atoms with Crippen LogP contribution in [0.25, 0.3) is 21.8 Å². The number of hydrogen-bond donors (Lipinski definition) is 4. The van der Waals surface area contributed by atoms with Crippen LogP contribution < -0.4 is 9.47 Å². The van der Waals surface area contributed by atoms with Gasteiger partial charge in [0.15, 0.2) is 0 Å². The topological polar surface area (TPSA) is 90.5 Å². The van der Waals surface area contributed by atoms with E-state index in [1.807, 2.05) is 48.5 Å². The van der Waals surface area contributed by atoms with Gasteiger partial charge in [-0.05, 0) is 31.2 Å². The van der Waals surface area contributed by atoms with Crippen molar-refractivity contribution in [1.29, 1.82) is 0 Å². The van der Waals surface area contributed by atoms with Crippen LogP contribution in [0.4, 0.5) is 0 Å². The number of H-pyrrole nitrogens is 2. The molecule has 0 aliphatic carbocycles. The molecule has 4 rings (SSSR count). The third-order valence-corrected chi connectivity index (χ3v) is 4.37. The summed E-state index contributed by atoms with van der Waals surface area (Å²) in [5, 5.41) is 20.5. The average Bonchev–Trinajstić information content (AvgIpc) is 3.31. The zero-order chi connectivity index (χ0) is 19.4. The van der Waals surface area contributed by atoms with Crippen LogP contribution in [0, 0.1) is 0 Å². The van der Waals surface area contributed by atoms with E-state index in [0.29, 0.717) is 0 Å². The standard InChI is InChI=1S/C11H13NO2.C10H11NO2/c1-7(13)9-6-8-4-3-5-10(14-2)11(8)12-9;1-13-9-4-2-3-7-5-8(6-12)11-10(7)9/h3-7,12-13H,1-2H3;2-5,11-12H,6H2,1H3. The number of aliphatic hydroxyl groups excluding tert-OH is 2. The molecule has 6 nitrogen and oxygen atoms in total. The van der Waals surface area contributed by atoms with E-state index >= 15 is 0 Å². The Morgan fingerprint density at radius 2 is 1.44 bits per heavy atom. The molecule has 1 atom stereocenters. The van der Waals surface area contributed by atoms with Crippen molar-refractivity contribution >= 4 is 21.8 Å². The summed E-state index contributed by atoms with van der Waals surface area (Å²) in [4.78, 5) is 6.23. The minimum Gasteiger partial charge on any atom is -0.495 e. The van der Waals surface area contributed by atoms with Gasteiger partial charge in [-0.3, -0.25) is 0 Å². The average molecular weight is 368 g/mol. The van der Waals surface area contributed by atoms with Gasteiger partial charge in [-0.25, -0.2) is 0 Å². The number of rotatable bonds is 4. The quantitative estimate of drug-likeness (QED) is 0.440. The van der Waals surface area contributed by atoms with Gasteiger partial charge in [0.2, 0.25) is 0 Å². The fraction of sp³-hybridized carbons (Fsp3) is 0.238. The first-order valence-electron chi connectivity index (χ1n) is 8.66. The number of para-hydroxylation sites is 2. The number of aliphatic hydroxyl groups is 2. The van der Waals surface area contributed by atoms with Gasteiger partial charge in [0.1, 0.15) is 11.5 Å². The number of aromatic nitrogens is 2. The van der Waals surface area contributed by atoms with Gasteiger partial charge in [0.25, 0.3) is 0 Å². The molecule has 0 saturated carbocycles. The van der Waals surface area contributed by atoms with Gasteiger partial charge in [-0.1, -0.05) is 24.3 Å². The monoisotopic (exact) mass is 368 g/mol. The molecule has 0 fully saturated rings. The van der Waals surface area contributed by atoms with Gasteiger partial charge in [-0.2, -0.15) is 0 Å². The van der Waals surface area contributed by atoms with Crippen molar-refractivity contribution in [3.05, 3.63) is 59.9 Å². The second kappa shape index (κ2) is 8.16. The molecule has 2 aromatic carbocycles. The molecular formula is C21H24N2O4. The zero-order valence-electron chi connectivity index (χ0n) is 15.6. The first-order valence-corrected chi connectivity index (χ1v) is 8.66. The van der Waals surface area contributed by atoms with Crippen LogP contribution >= 0.6 is 0 Å². The summed E-state index contributed by atoms with van der Waals surface area (Å²) < 4.78 is 10.4. The lowest BCUT2D eigenvalue weighted by atomic mass is 10.2. The molecule has 4 N–H and O–H groups in total. The maximum atomic E-state index is 9.42. The van der Waals surface area contributed by atoms with Crippen molar-refractivity contribution in [3.63, 3.8) is 0 Å². The van der Waals surface area contributed by atoms with E-state index in [9.17, 15) is 5.11 Å². The third kappa shape index (κ3) is 3.92. The Morgan fingerprint density at radius 1 is 0.889 bits per heavy atom. The smallest absolute Gasteiger partial charge is 0.142 e. The molecule has 0 radical (unpaired) electrons. The van der Waals surface area contributed by atoms with E-state index in [-0.39, 0.29) is 6.61 Å². The Labute approximate surface area is 157 Å². The van der Waals surface area contributed by atoms with Crippen LogP contribution in [0.5, 0.6) is 11.5 Å². The summed E-state index contributed by atoms with van der Waals surface area (Å²) >= 11 is 0. The van der Waals surface area contributed by atoms with Crippen molar-refractivity contribution in [3.8, 4) is 11.5 Å². The van der Waals surface area contributed by atoms with Crippen LogP contribution in [0.2, 0.25) is 0 Å². The first-order chi connectivity index (χ1) is 13.1. The minimum atomic E-state index is -0.480. The number of benzene rings is 2. The molecule has 0 aliphatic rings. The summed E-state index contributed by atoms with van der Waals surface area (Å²) in [6, 6.07) is 15.5. The minimum absolute atomic E-state index is 0.0256. The lowest BCUT2D eigenvalue weighted by Gasteiger charge is -2.00. The second-order valence-corrected chi connectivity index (χ2v) is 6.20. The number of aromatic amines is 2. The predicted octanol–water partition coefficient (Wildman–Crippen LogP) is 3.90. The number of hydrogen-bond acceptors (Lipinski definition) is 4. The van der Waals surface area contributed by atoms with E-state index in [4.69, 9.17) is 14.6 Å². The summed E-state index contributed by atoms with van der Waals surface area (Å²) in [5.74, 6) is 1.60. The SMILES string of the molecule is COc1cccc2cc(C(C)O)[nH]c12.COc1cccc2cc(CO)[nH]c12. The number of methoxy groups -OCH3 is 2. The van der Waals surface area contributed by atoms with Crippen LogP contribution in [0.1, 0.15) is 24.4 Å². The van der Waals surface area contributed by atoms with Gasteiger partial charge in [0.05, 0.1) is 38.0 Å². The summed E-state index contributed by atoms with van der Waals surface area (Å²) in [6.45, 7) is 1.76. The van der Waals surface area contributed by atoms with E-state index < -0.39 is 6.10 Å².